The monoisotopic (exact) mass is 744 g/mol. The Balaban J connectivity index is 1.15. The average Bonchev–Trinajstić information content (AvgIpc) is 3.21. The lowest BCUT2D eigenvalue weighted by Gasteiger charge is -2.62. The highest BCUT2D eigenvalue weighted by atomic mass is 31.1. The molecule has 0 saturated heterocycles. The van der Waals surface area contributed by atoms with Gasteiger partial charge >= 0.3 is 0 Å². The zero-order valence-corrected chi connectivity index (χ0v) is 33.6. The van der Waals surface area contributed by atoms with Gasteiger partial charge in [0.05, 0.1) is 5.16 Å². The van der Waals surface area contributed by atoms with Crippen LogP contribution in [0.4, 0.5) is 0 Å². The van der Waals surface area contributed by atoms with Crippen molar-refractivity contribution in [2.45, 2.75) is 86.8 Å². The lowest BCUT2D eigenvalue weighted by molar-refractivity contribution is 0.0129. The van der Waals surface area contributed by atoms with Gasteiger partial charge in [0, 0.05) is 24.8 Å². The molecule has 13 rings (SSSR count). The molecule has 8 bridgehead atoms. The van der Waals surface area contributed by atoms with Crippen molar-refractivity contribution in [3.63, 3.8) is 0 Å². The van der Waals surface area contributed by atoms with Gasteiger partial charge in [-0.1, -0.05) is 80.7 Å². The fraction of sp³-hybridized carbons (Fsp3) is 0.440. The molecule has 5 aromatic rings. The third kappa shape index (κ3) is 5.79. The second-order valence-electron chi connectivity index (χ2n) is 18.6. The Morgan fingerprint density at radius 3 is 1.35 bits per heavy atom. The zero-order chi connectivity index (χ0) is 35.8. The van der Waals surface area contributed by atoms with Crippen LogP contribution in [0.15, 0.2) is 122 Å². The number of aromatic nitrogens is 2. The molecule has 8 aliphatic carbocycles. The molecule has 1 unspecified atom stereocenters. The van der Waals surface area contributed by atoms with Gasteiger partial charge in [0.1, 0.15) is 0 Å². The Hall–Kier alpha value is -3.18. The molecule has 8 saturated carbocycles. The summed E-state index contributed by atoms with van der Waals surface area (Å²) in [6.07, 6.45) is 24.6. The highest BCUT2D eigenvalue weighted by Gasteiger charge is 2.57. The number of nitrogens with zero attached hydrogens (tertiary/aromatic N) is 2. The van der Waals surface area contributed by atoms with E-state index >= 15 is 0 Å². The molecule has 274 valence electrons. The van der Waals surface area contributed by atoms with Crippen molar-refractivity contribution in [2.75, 3.05) is 0 Å². The molecule has 3 aromatic carbocycles. The van der Waals surface area contributed by atoms with Crippen molar-refractivity contribution in [3.05, 3.63) is 144 Å². The first-order valence-corrected chi connectivity index (χ1v) is 23.5. The molecule has 54 heavy (non-hydrogen) atoms. The molecule has 8 aliphatic rings. The fourth-order valence-electron chi connectivity index (χ4n) is 14.0. The van der Waals surface area contributed by atoms with E-state index in [0.717, 1.165) is 58.7 Å². The van der Waals surface area contributed by atoms with Crippen LogP contribution in [0, 0.1) is 47.3 Å². The van der Waals surface area contributed by atoms with E-state index < -0.39 is 5.16 Å². The summed E-state index contributed by atoms with van der Waals surface area (Å²) in [5.74, 6) is 7.90. The predicted octanol–water partition coefficient (Wildman–Crippen LogP) is 12.6. The highest BCUT2D eigenvalue weighted by molar-refractivity contribution is 7.58. The molecule has 4 heteroatoms. The molecule has 0 N–H and O–H groups in total. The number of benzene rings is 3. The van der Waals surface area contributed by atoms with Crippen molar-refractivity contribution < 1.29 is 0 Å². The molecule has 0 aliphatic heterocycles. The van der Waals surface area contributed by atoms with Crippen LogP contribution in [0.1, 0.15) is 86.5 Å². The van der Waals surface area contributed by atoms with Gasteiger partial charge in [-0.3, -0.25) is 9.97 Å². The molecular weight excluding hydrogens is 691 g/mol. The summed E-state index contributed by atoms with van der Waals surface area (Å²) in [7, 11) is 3.19. The Morgan fingerprint density at radius 2 is 0.944 bits per heavy atom. The Morgan fingerprint density at radius 1 is 0.519 bits per heavy atom. The first kappa shape index (κ1) is 34.1. The molecule has 2 aromatic heterocycles. The number of hydrogen-bond acceptors (Lipinski definition) is 2. The van der Waals surface area contributed by atoms with Crippen LogP contribution in [-0.4, -0.2) is 21.3 Å². The van der Waals surface area contributed by atoms with E-state index in [2.05, 4.69) is 119 Å². The lowest BCUT2D eigenvalue weighted by atomic mass is 9.55. The average molecular weight is 745 g/mol. The van der Waals surface area contributed by atoms with Gasteiger partial charge in [-0.25, -0.2) is 0 Å². The van der Waals surface area contributed by atoms with Gasteiger partial charge in [-0.2, -0.15) is 0 Å². The molecule has 1 atom stereocenters. The van der Waals surface area contributed by atoms with Gasteiger partial charge < -0.3 is 0 Å². The highest BCUT2D eigenvalue weighted by Crippen LogP contribution is 2.72. The molecular formula is C50H54N2P2. The quantitative estimate of drug-likeness (QED) is 0.140. The number of hydrogen-bond donors (Lipinski definition) is 0. The zero-order valence-electron chi connectivity index (χ0n) is 31.5. The van der Waals surface area contributed by atoms with Crippen LogP contribution < -0.4 is 0 Å². The lowest BCUT2D eigenvalue weighted by Crippen LogP contribution is -2.52. The SMILES string of the molecule is PC(c1cccnc1)(c1cccnc1)c1cc(-c2ccccc2)c(-c2ccccc2)cc1CP(C1C2CC3CC(C2)CC1C3)C1C2CC3CC(C2)CC1C3. The predicted molar refractivity (Wildman–Crippen MR) is 228 cm³/mol. The van der Waals surface area contributed by atoms with Gasteiger partial charge in [0.25, 0.3) is 0 Å². The summed E-state index contributed by atoms with van der Waals surface area (Å²) < 4.78 is 0. The largest absolute Gasteiger partial charge is 0.264 e. The summed E-state index contributed by atoms with van der Waals surface area (Å²) in [5, 5.41) is -0.494. The Bertz CT molecular complexity index is 1960. The van der Waals surface area contributed by atoms with E-state index in [-0.39, 0.29) is 7.92 Å². The maximum Gasteiger partial charge on any atom is 0.0624 e. The van der Waals surface area contributed by atoms with Crippen LogP contribution in [0.5, 0.6) is 0 Å². The van der Waals surface area contributed by atoms with Crippen LogP contribution in [0.2, 0.25) is 0 Å². The van der Waals surface area contributed by atoms with E-state index in [9.17, 15) is 0 Å². The molecule has 0 spiro atoms. The summed E-state index contributed by atoms with van der Waals surface area (Å²) >= 11 is 0. The molecule has 2 nitrogen and oxygen atoms in total. The third-order valence-electron chi connectivity index (χ3n) is 15.5. The van der Waals surface area contributed by atoms with Gasteiger partial charge in [-0.05, 0) is 198 Å². The third-order valence-corrected chi connectivity index (χ3v) is 20.4. The molecule has 8 fully saturated rings. The normalized spacial score (nSPS) is 32.5. The van der Waals surface area contributed by atoms with Gasteiger partial charge in [0.2, 0.25) is 0 Å². The van der Waals surface area contributed by atoms with Gasteiger partial charge in [-0.15, -0.1) is 9.24 Å². The maximum atomic E-state index is 4.75. The van der Waals surface area contributed by atoms with Crippen molar-refractivity contribution in [1.29, 1.82) is 0 Å². The van der Waals surface area contributed by atoms with E-state index in [1.165, 1.54) is 109 Å². The second-order valence-corrected chi connectivity index (χ2v) is 22.0. The molecule has 0 radical (unpaired) electrons. The molecule has 2 heterocycles. The van der Waals surface area contributed by atoms with Crippen LogP contribution in [-0.2, 0) is 11.3 Å². The van der Waals surface area contributed by atoms with Crippen LogP contribution in [0.3, 0.4) is 0 Å². The summed E-state index contributed by atoms with van der Waals surface area (Å²) in [5.41, 5.74) is 12.6. The summed E-state index contributed by atoms with van der Waals surface area (Å²) in [6.45, 7) is 0. The standard InChI is InChI=1S/C50H54N2P2/c53-50(43-13-7-15-51-29-43,44-14-8-16-52-30-44)47-28-46(37-11-5-2-6-12-37)45(36-9-3-1-4-10-36)27-42(47)31-54(48-38-19-32-17-33(21-38)22-39(48)20-32)49-40-23-34-18-35(25-40)26-41(49)24-34/h1-16,27-30,32-35,38-41,48-49H,17-26,31,53H2. The van der Waals surface area contributed by atoms with E-state index in [0.29, 0.717) is 0 Å². The van der Waals surface area contributed by atoms with E-state index in [1.807, 2.05) is 12.4 Å². The fourth-order valence-corrected chi connectivity index (χ4v) is 19.2. The Kier molecular flexibility index (Phi) is 8.70. The minimum Gasteiger partial charge on any atom is -0.264 e. The molecule has 0 amide bonds. The smallest absolute Gasteiger partial charge is 0.0624 e. The first-order chi connectivity index (χ1) is 26.6. The van der Waals surface area contributed by atoms with Crippen molar-refractivity contribution >= 4 is 17.2 Å². The number of pyridine rings is 2. The maximum absolute atomic E-state index is 4.75. The van der Waals surface area contributed by atoms with Gasteiger partial charge in [0.15, 0.2) is 0 Å². The van der Waals surface area contributed by atoms with E-state index in [1.54, 1.807) is 5.56 Å². The summed E-state index contributed by atoms with van der Waals surface area (Å²) in [6, 6.07) is 36.6. The second kappa shape index (κ2) is 13.8. The topological polar surface area (TPSA) is 25.8 Å². The minimum absolute atomic E-state index is 0.224. The summed E-state index contributed by atoms with van der Waals surface area (Å²) in [4.78, 5) is 9.51. The number of rotatable bonds is 9. The Labute approximate surface area is 326 Å². The van der Waals surface area contributed by atoms with Crippen molar-refractivity contribution in [1.82, 2.24) is 9.97 Å². The minimum atomic E-state index is -0.494. The van der Waals surface area contributed by atoms with Crippen molar-refractivity contribution in [3.8, 4) is 22.3 Å². The van der Waals surface area contributed by atoms with E-state index in [4.69, 9.17) is 9.97 Å². The van der Waals surface area contributed by atoms with Crippen molar-refractivity contribution in [2.24, 2.45) is 47.3 Å². The van der Waals surface area contributed by atoms with Crippen LogP contribution >= 0.6 is 17.2 Å². The first-order valence-electron chi connectivity index (χ1n) is 21.2. The van der Waals surface area contributed by atoms with Crippen LogP contribution in [0.25, 0.3) is 22.3 Å².